The molecule has 2 rings (SSSR count). The second-order valence-electron chi connectivity index (χ2n) is 4.88. The summed E-state index contributed by atoms with van der Waals surface area (Å²) in [7, 11) is 0. The maximum absolute atomic E-state index is 12.0. The quantitative estimate of drug-likeness (QED) is 0.719. The number of nitrogens with two attached hydrogens (primary N) is 1. The van der Waals surface area contributed by atoms with Gasteiger partial charge in [0.1, 0.15) is 0 Å². The van der Waals surface area contributed by atoms with Crippen molar-refractivity contribution in [2.75, 3.05) is 19.7 Å². The molecular formula is C11H20N2O2. The highest BCUT2D eigenvalue weighted by atomic mass is 16.5. The Balaban J connectivity index is 1.89. The fraction of sp³-hybridized carbons (Fsp3) is 0.909. The summed E-state index contributed by atoms with van der Waals surface area (Å²) in [6.07, 6.45) is 1.88. The van der Waals surface area contributed by atoms with Crippen LogP contribution in [0.25, 0.3) is 0 Å². The van der Waals surface area contributed by atoms with Crippen molar-refractivity contribution in [3.8, 4) is 0 Å². The molecule has 0 spiro atoms. The third kappa shape index (κ3) is 1.88. The largest absolute Gasteiger partial charge is 0.378 e. The molecule has 15 heavy (non-hydrogen) atoms. The Morgan fingerprint density at radius 2 is 2.27 bits per heavy atom. The summed E-state index contributed by atoms with van der Waals surface area (Å²) < 4.78 is 5.40. The molecule has 0 aromatic rings. The van der Waals surface area contributed by atoms with Crippen LogP contribution < -0.4 is 5.73 Å². The molecule has 4 nitrogen and oxygen atoms in total. The van der Waals surface area contributed by atoms with Crippen molar-refractivity contribution in [2.24, 2.45) is 11.7 Å². The third-order valence-corrected chi connectivity index (χ3v) is 3.72. The maximum Gasteiger partial charge on any atom is 0.228 e. The molecule has 0 bridgehead atoms. The second-order valence-corrected chi connectivity index (χ2v) is 4.88. The highest BCUT2D eigenvalue weighted by molar-refractivity contribution is 5.80. The van der Waals surface area contributed by atoms with Gasteiger partial charge in [-0.1, -0.05) is 6.92 Å². The zero-order valence-corrected chi connectivity index (χ0v) is 9.53. The smallest absolute Gasteiger partial charge is 0.228 e. The number of hydrogen-bond donors (Lipinski definition) is 1. The molecule has 1 amide bonds. The molecule has 2 atom stereocenters. The van der Waals surface area contributed by atoms with E-state index in [-0.39, 0.29) is 23.5 Å². The van der Waals surface area contributed by atoms with Gasteiger partial charge in [-0.05, 0) is 19.8 Å². The van der Waals surface area contributed by atoms with E-state index in [0.717, 1.165) is 12.8 Å². The molecule has 0 saturated carbocycles. The zero-order chi connectivity index (χ0) is 11.1. The van der Waals surface area contributed by atoms with Gasteiger partial charge in [0.05, 0.1) is 17.6 Å². The molecule has 2 N–H and O–H groups in total. The first-order valence-corrected chi connectivity index (χ1v) is 5.75. The summed E-state index contributed by atoms with van der Waals surface area (Å²) in [6.45, 7) is 6.19. The van der Waals surface area contributed by atoms with E-state index in [2.05, 4.69) is 6.92 Å². The van der Waals surface area contributed by atoms with Crippen molar-refractivity contribution < 1.29 is 9.53 Å². The molecule has 2 fully saturated rings. The molecule has 2 heterocycles. The lowest BCUT2D eigenvalue weighted by molar-refractivity contribution is -0.144. The molecule has 0 aliphatic carbocycles. The van der Waals surface area contributed by atoms with Gasteiger partial charge in [0.15, 0.2) is 0 Å². The van der Waals surface area contributed by atoms with Crippen LogP contribution in [-0.4, -0.2) is 42.1 Å². The summed E-state index contributed by atoms with van der Waals surface area (Å²) in [5, 5.41) is 0. The van der Waals surface area contributed by atoms with Crippen LogP contribution in [0.5, 0.6) is 0 Å². The van der Waals surface area contributed by atoms with Crippen molar-refractivity contribution in [3.63, 3.8) is 0 Å². The molecule has 0 aromatic carbocycles. The second kappa shape index (κ2) is 3.76. The Hall–Kier alpha value is -0.610. The molecule has 2 aliphatic heterocycles. The molecule has 0 aromatic heterocycles. The van der Waals surface area contributed by atoms with E-state index in [1.54, 1.807) is 0 Å². The number of carbonyl (C=O) groups is 1. The van der Waals surface area contributed by atoms with Crippen LogP contribution in [0.4, 0.5) is 0 Å². The van der Waals surface area contributed by atoms with E-state index in [1.807, 2.05) is 11.8 Å². The summed E-state index contributed by atoms with van der Waals surface area (Å²) >= 11 is 0. The SMILES string of the molecule is CCC1(N)CN(C(=O)C2CCOC2C)C1. The van der Waals surface area contributed by atoms with Gasteiger partial charge in [-0.3, -0.25) is 4.79 Å². The first-order chi connectivity index (χ1) is 7.06. The van der Waals surface area contributed by atoms with Gasteiger partial charge in [-0.15, -0.1) is 0 Å². The number of ether oxygens (including phenoxy) is 1. The van der Waals surface area contributed by atoms with E-state index >= 15 is 0 Å². The Labute approximate surface area is 90.8 Å². The maximum atomic E-state index is 12.0. The van der Waals surface area contributed by atoms with Crippen LogP contribution in [-0.2, 0) is 9.53 Å². The number of amides is 1. The van der Waals surface area contributed by atoms with E-state index in [0.29, 0.717) is 19.7 Å². The average Bonchev–Trinajstić information content (AvgIpc) is 2.58. The fourth-order valence-corrected chi connectivity index (χ4v) is 2.38. The number of hydrogen-bond acceptors (Lipinski definition) is 3. The first-order valence-electron chi connectivity index (χ1n) is 5.75. The van der Waals surface area contributed by atoms with E-state index in [9.17, 15) is 4.79 Å². The Kier molecular flexibility index (Phi) is 2.73. The van der Waals surface area contributed by atoms with Gasteiger partial charge in [-0.2, -0.15) is 0 Å². The predicted molar refractivity (Wildman–Crippen MR) is 57.3 cm³/mol. The van der Waals surface area contributed by atoms with Gasteiger partial charge >= 0.3 is 0 Å². The normalized spacial score (nSPS) is 33.9. The van der Waals surface area contributed by atoms with Crippen LogP contribution >= 0.6 is 0 Å². The van der Waals surface area contributed by atoms with Crippen molar-refractivity contribution in [2.45, 2.75) is 38.3 Å². The lowest BCUT2D eigenvalue weighted by Gasteiger charge is -2.48. The zero-order valence-electron chi connectivity index (χ0n) is 9.53. The number of rotatable bonds is 2. The molecule has 0 radical (unpaired) electrons. The fourth-order valence-electron chi connectivity index (χ4n) is 2.38. The van der Waals surface area contributed by atoms with Crippen molar-refractivity contribution in [1.82, 2.24) is 4.90 Å². The Morgan fingerprint density at radius 3 is 2.73 bits per heavy atom. The van der Waals surface area contributed by atoms with Crippen LogP contribution in [0.15, 0.2) is 0 Å². The van der Waals surface area contributed by atoms with Gasteiger partial charge in [0.2, 0.25) is 5.91 Å². The molecule has 2 saturated heterocycles. The molecule has 86 valence electrons. The average molecular weight is 212 g/mol. The number of carbonyl (C=O) groups excluding carboxylic acids is 1. The number of nitrogens with zero attached hydrogens (tertiary/aromatic N) is 1. The predicted octanol–water partition coefficient (Wildman–Crippen LogP) is 0.361. The number of likely N-dealkylation sites (tertiary alicyclic amines) is 1. The summed E-state index contributed by atoms with van der Waals surface area (Å²) in [5.41, 5.74) is 5.91. The van der Waals surface area contributed by atoms with E-state index in [1.165, 1.54) is 0 Å². The van der Waals surface area contributed by atoms with Gasteiger partial charge in [0, 0.05) is 19.7 Å². The van der Waals surface area contributed by atoms with E-state index < -0.39 is 0 Å². The van der Waals surface area contributed by atoms with Crippen LogP contribution in [0, 0.1) is 5.92 Å². The lowest BCUT2D eigenvalue weighted by atomic mass is 9.86. The third-order valence-electron chi connectivity index (χ3n) is 3.72. The van der Waals surface area contributed by atoms with Crippen molar-refractivity contribution >= 4 is 5.91 Å². The standard InChI is InChI=1S/C11H20N2O2/c1-3-11(12)6-13(7-11)10(14)9-4-5-15-8(9)2/h8-9H,3-7,12H2,1-2H3. The van der Waals surface area contributed by atoms with Crippen molar-refractivity contribution in [3.05, 3.63) is 0 Å². The summed E-state index contributed by atoms with van der Waals surface area (Å²) in [4.78, 5) is 13.9. The van der Waals surface area contributed by atoms with Gasteiger partial charge in [0.25, 0.3) is 0 Å². The van der Waals surface area contributed by atoms with Crippen LogP contribution in [0.2, 0.25) is 0 Å². The monoisotopic (exact) mass is 212 g/mol. The Bertz CT molecular complexity index is 261. The summed E-state index contributed by atoms with van der Waals surface area (Å²) in [6, 6.07) is 0. The lowest BCUT2D eigenvalue weighted by Crippen LogP contribution is -2.69. The molecule has 2 unspecified atom stereocenters. The van der Waals surface area contributed by atoms with Crippen LogP contribution in [0.1, 0.15) is 26.7 Å². The highest BCUT2D eigenvalue weighted by Gasteiger charge is 2.44. The molecule has 4 heteroatoms. The minimum atomic E-state index is -0.127. The Morgan fingerprint density at radius 1 is 1.60 bits per heavy atom. The topological polar surface area (TPSA) is 55.6 Å². The van der Waals surface area contributed by atoms with Crippen LogP contribution in [0.3, 0.4) is 0 Å². The van der Waals surface area contributed by atoms with Gasteiger partial charge in [-0.25, -0.2) is 0 Å². The summed E-state index contributed by atoms with van der Waals surface area (Å²) in [5.74, 6) is 0.293. The van der Waals surface area contributed by atoms with E-state index in [4.69, 9.17) is 10.5 Å². The van der Waals surface area contributed by atoms with Crippen molar-refractivity contribution in [1.29, 1.82) is 0 Å². The van der Waals surface area contributed by atoms with Gasteiger partial charge < -0.3 is 15.4 Å². The first kappa shape index (κ1) is 10.9. The minimum absolute atomic E-state index is 0.0615. The highest BCUT2D eigenvalue weighted by Crippen LogP contribution is 2.28. The molecule has 2 aliphatic rings. The molecular weight excluding hydrogens is 192 g/mol. The minimum Gasteiger partial charge on any atom is -0.378 e.